The van der Waals surface area contributed by atoms with Crippen LogP contribution in [0.2, 0.25) is 0 Å². The molecule has 4 rings (SSSR count). The molecule has 0 spiro atoms. The number of halogens is 1. The van der Waals surface area contributed by atoms with E-state index >= 15 is 0 Å². The number of furan rings is 1. The second-order valence-corrected chi connectivity index (χ2v) is 7.09. The zero-order valence-electron chi connectivity index (χ0n) is 17.4. The summed E-state index contributed by atoms with van der Waals surface area (Å²) >= 11 is 0. The van der Waals surface area contributed by atoms with Gasteiger partial charge < -0.3 is 23.9 Å². The molecule has 0 aliphatic carbocycles. The summed E-state index contributed by atoms with van der Waals surface area (Å²) in [6.45, 7) is -0.0763. The average molecular weight is 437 g/mol. The van der Waals surface area contributed by atoms with Crippen LogP contribution in [0.5, 0.6) is 11.5 Å². The third kappa shape index (κ3) is 3.60. The first kappa shape index (κ1) is 21.2. The Morgan fingerprint density at radius 2 is 1.88 bits per heavy atom. The van der Waals surface area contributed by atoms with E-state index in [2.05, 4.69) is 0 Å². The minimum atomic E-state index is -1.16. The van der Waals surface area contributed by atoms with Gasteiger partial charge in [-0.2, -0.15) is 0 Å². The first-order chi connectivity index (χ1) is 15.5. The second kappa shape index (κ2) is 8.58. The van der Waals surface area contributed by atoms with Crippen LogP contribution >= 0.6 is 0 Å². The number of nitrogens with zero attached hydrogens (tertiary/aromatic N) is 1. The highest BCUT2D eigenvalue weighted by Crippen LogP contribution is 2.42. The van der Waals surface area contributed by atoms with E-state index in [4.69, 9.17) is 13.9 Å². The lowest BCUT2D eigenvalue weighted by molar-refractivity contribution is -0.140. The predicted octanol–water partition coefficient (Wildman–Crippen LogP) is 4.06. The number of hydrogen-bond donors (Lipinski definition) is 1. The number of ketones is 1. The Hall–Kier alpha value is -4.07. The molecule has 0 radical (unpaired) electrons. The van der Waals surface area contributed by atoms with Crippen molar-refractivity contribution in [3.8, 4) is 11.5 Å². The first-order valence-corrected chi connectivity index (χ1v) is 9.74. The molecule has 2 aromatic carbocycles. The van der Waals surface area contributed by atoms with Crippen molar-refractivity contribution in [3.63, 3.8) is 0 Å². The zero-order valence-corrected chi connectivity index (χ0v) is 17.4. The zero-order chi connectivity index (χ0) is 22.8. The molecule has 1 unspecified atom stereocenters. The summed E-state index contributed by atoms with van der Waals surface area (Å²) in [5, 5.41) is 11.2. The Bertz CT molecular complexity index is 1200. The van der Waals surface area contributed by atoms with Crippen molar-refractivity contribution in [2.45, 2.75) is 12.6 Å². The third-order valence-electron chi connectivity index (χ3n) is 5.31. The Morgan fingerprint density at radius 3 is 2.53 bits per heavy atom. The molecule has 1 N–H and O–H groups in total. The van der Waals surface area contributed by atoms with Crippen molar-refractivity contribution < 1.29 is 33.0 Å². The van der Waals surface area contributed by atoms with Crippen molar-refractivity contribution in [3.05, 3.63) is 89.1 Å². The van der Waals surface area contributed by atoms with Gasteiger partial charge in [0.1, 0.15) is 28.8 Å². The first-order valence-electron chi connectivity index (χ1n) is 9.74. The van der Waals surface area contributed by atoms with Crippen LogP contribution in [-0.2, 0) is 16.1 Å². The van der Waals surface area contributed by atoms with Crippen molar-refractivity contribution in [1.29, 1.82) is 0 Å². The van der Waals surface area contributed by atoms with Crippen molar-refractivity contribution in [2.75, 3.05) is 14.2 Å². The Balaban J connectivity index is 1.91. The van der Waals surface area contributed by atoms with Crippen LogP contribution in [-0.4, -0.2) is 35.9 Å². The van der Waals surface area contributed by atoms with Crippen LogP contribution in [0.1, 0.15) is 22.9 Å². The van der Waals surface area contributed by atoms with Crippen LogP contribution in [0, 0.1) is 5.82 Å². The molecule has 1 aliphatic heterocycles. The Labute approximate surface area is 183 Å². The van der Waals surface area contributed by atoms with Crippen molar-refractivity contribution >= 4 is 17.4 Å². The van der Waals surface area contributed by atoms with Crippen LogP contribution in [0.25, 0.3) is 5.76 Å². The molecule has 164 valence electrons. The summed E-state index contributed by atoms with van der Waals surface area (Å²) in [5.41, 5.74) is 0.00745. The van der Waals surface area contributed by atoms with Gasteiger partial charge in [-0.25, -0.2) is 4.39 Å². The highest BCUT2D eigenvalue weighted by Gasteiger charge is 2.47. The van der Waals surface area contributed by atoms with E-state index in [9.17, 15) is 19.1 Å². The summed E-state index contributed by atoms with van der Waals surface area (Å²) in [4.78, 5) is 27.2. The molecule has 1 saturated heterocycles. The SMILES string of the molecule is COc1ccc(/C(O)=C2\C(=O)C(=O)N(Cc3ccco3)C2c2ccccc2F)c(OC)c1. The minimum absolute atomic E-state index is 0.0762. The molecule has 1 fully saturated rings. The average Bonchev–Trinajstić information content (AvgIpc) is 3.41. The molecular weight excluding hydrogens is 417 g/mol. The molecule has 8 heteroatoms. The molecule has 2 heterocycles. The smallest absolute Gasteiger partial charge is 0.296 e. The number of methoxy groups -OCH3 is 2. The fourth-order valence-electron chi connectivity index (χ4n) is 3.77. The molecule has 0 saturated carbocycles. The number of hydrogen-bond acceptors (Lipinski definition) is 6. The summed E-state index contributed by atoms with van der Waals surface area (Å²) in [6.07, 6.45) is 1.44. The lowest BCUT2D eigenvalue weighted by atomic mass is 9.94. The number of amides is 1. The maximum absolute atomic E-state index is 14.8. The van der Waals surface area contributed by atoms with Crippen molar-refractivity contribution in [2.24, 2.45) is 0 Å². The summed E-state index contributed by atoms with van der Waals surface area (Å²) in [7, 11) is 2.88. The van der Waals surface area contributed by atoms with Crippen molar-refractivity contribution in [1.82, 2.24) is 4.90 Å². The second-order valence-electron chi connectivity index (χ2n) is 7.09. The van der Waals surface area contributed by atoms with E-state index in [0.29, 0.717) is 11.5 Å². The van der Waals surface area contributed by atoms with Gasteiger partial charge in [0.2, 0.25) is 0 Å². The summed E-state index contributed by atoms with van der Waals surface area (Å²) in [6, 6.07) is 12.6. The number of benzene rings is 2. The van der Waals surface area contributed by atoms with Gasteiger partial charge in [0.15, 0.2) is 0 Å². The van der Waals surface area contributed by atoms with Crippen LogP contribution < -0.4 is 9.47 Å². The number of aliphatic hydroxyl groups excluding tert-OH is 1. The maximum atomic E-state index is 14.8. The van der Waals surface area contributed by atoms with Gasteiger partial charge in [-0.15, -0.1) is 0 Å². The normalized spacial score (nSPS) is 17.6. The number of carbonyl (C=O) groups is 2. The molecule has 1 aliphatic rings. The van der Waals surface area contributed by atoms with Gasteiger partial charge in [-0.3, -0.25) is 9.59 Å². The summed E-state index contributed by atoms with van der Waals surface area (Å²) < 4.78 is 30.6. The molecule has 1 atom stereocenters. The van der Waals surface area contributed by atoms with E-state index < -0.39 is 29.3 Å². The topological polar surface area (TPSA) is 89.2 Å². The molecule has 3 aromatic rings. The van der Waals surface area contributed by atoms with E-state index in [1.54, 1.807) is 24.3 Å². The lowest BCUT2D eigenvalue weighted by Gasteiger charge is -2.25. The quantitative estimate of drug-likeness (QED) is 0.355. The molecule has 32 heavy (non-hydrogen) atoms. The molecule has 0 bridgehead atoms. The number of ether oxygens (including phenoxy) is 2. The number of likely N-dealkylation sites (tertiary alicyclic amines) is 1. The molecule has 1 amide bonds. The highest BCUT2D eigenvalue weighted by atomic mass is 19.1. The van der Waals surface area contributed by atoms with Crippen LogP contribution in [0.4, 0.5) is 4.39 Å². The number of Topliss-reactive ketones (excluding diaryl/α,β-unsaturated/α-hetero) is 1. The molecule has 7 nitrogen and oxygen atoms in total. The minimum Gasteiger partial charge on any atom is -0.507 e. The standard InChI is InChI=1S/C24H20FNO6/c1-30-14-9-10-17(19(12-14)31-2)22(27)20-21(16-7-3-4-8-18(16)25)26(24(29)23(20)28)13-15-6-5-11-32-15/h3-12,21,27H,13H2,1-2H3/b22-20+. The van der Waals surface area contributed by atoms with E-state index in [-0.39, 0.29) is 29.0 Å². The van der Waals surface area contributed by atoms with Gasteiger partial charge in [0.25, 0.3) is 11.7 Å². The van der Waals surface area contributed by atoms with Gasteiger partial charge >= 0.3 is 0 Å². The number of rotatable bonds is 6. The van der Waals surface area contributed by atoms with Gasteiger partial charge in [-0.1, -0.05) is 18.2 Å². The lowest BCUT2D eigenvalue weighted by Crippen LogP contribution is -2.29. The Morgan fingerprint density at radius 1 is 1.09 bits per heavy atom. The fraction of sp³-hybridized carbons (Fsp3) is 0.167. The molecule has 1 aromatic heterocycles. The Kier molecular flexibility index (Phi) is 5.68. The van der Waals surface area contributed by atoms with Crippen LogP contribution in [0.15, 0.2) is 70.9 Å². The van der Waals surface area contributed by atoms with Gasteiger partial charge in [0, 0.05) is 11.6 Å². The third-order valence-corrected chi connectivity index (χ3v) is 5.31. The van der Waals surface area contributed by atoms with E-state index in [1.165, 1.54) is 55.7 Å². The number of carbonyl (C=O) groups excluding carboxylic acids is 2. The summed E-state index contributed by atoms with van der Waals surface area (Å²) in [5.74, 6) is -1.78. The van der Waals surface area contributed by atoms with Crippen LogP contribution in [0.3, 0.4) is 0 Å². The van der Waals surface area contributed by atoms with E-state index in [1.807, 2.05) is 0 Å². The maximum Gasteiger partial charge on any atom is 0.296 e. The predicted molar refractivity (Wildman–Crippen MR) is 113 cm³/mol. The fourth-order valence-corrected chi connectivity index (χ4v) is 3.77. The largest absolute Gasteiger partial charge is 0.507 e. The monoisotopic (exact) mass is 437 g/mol. The highest BCUT2D eigenvalue weighted by molar-refractivity contribution is 6.46. The number of aliphatic hydroxyl groups is 1. The van der Waals surface area contributed by atoms with Gasteiger partial charge in [0.05, 0.1) is 44.2 Å². The van der Waals surface area contributed by atoms with Gasteiger partial charge in [-0.05, 0) is 30.3 Å². The molecular formula is C24H20FNO6. The van der Waals surface area contributed by atoms with E-state index in [0.717, 1.165) is 0 Å².